The number of amides is 1. The van der Waals surface area contributed by atoms with Crippen molar-refractivity contribution >= 4 is 5.91 Å². The lowest BCUT2D eigenvalue weighted by Crippen LogP contribution is -2.49. The summed E-state index contributed by atoms with van der Waals surface area (Å²) in [5, 5.41) is 0. The van der Waals surface area contributed by atoms with Crippen molar-refractivity contribution in [2.75, 3.05) is 7.11 Å². The maximum atomic E-state index is 12.4. The quantitative estimate of drug-likeness (QED) is 0.804. The van der Waals surface area contributed by atoms with Gasteiger partial charge < -0.3 is 14.4 Å². The highest BCUT2D eigenvalue weighted by molar-refractivity contribution is 5.77. The fourth-order valence-electron chi connectivity index (χ4n) is 3.24. The monoisotopic (exact) mass is 339 g/mol. The van der Waals surface area contributed by atoms with Gasteiger partial charge in [0.25, 0.3) is 0 Å². The van der Waals surface area contributed by atoms with Crippen LogP contribution in [0, 0.1) is 0 Å². The Hall–Kier alpha value is -2.33. The Morgan fingerprint density at radius 1 is 1.04 bits per heavy atom. The second kappa shape index (κ2) is 8.17. The number of piperidine rings is 1. The van der Waals surface area contributed by atoms with Crippen LogP contribution in [0.25, 0.3) is 0 Å². The lowest BCUT2D eigenvalue weighted by atomic mass is 9.98. The molecule has 4 nitrogen and oxygen atoms in total. The van der Waals surface area contributed by atoms with E-state index < -0.39 is 0 Å². The van der Waals surface area contributed by atoms with E-state index in [2.05, 4.69) is 19.1 Å². The zero-order valence-corrected chi connectivity index (χ0v) is 14.9. The summed E-state index contributed by atoms with van der Waals surface area (Å²) in [5.41, 5.74) is 2.26. The summed E-state index contributed by atoms with van der Waals surface area (Å²) in [7, 11) is 1.65. The molecule has 0 aliphatic carbocycles. The molecular weight excluding hydrogens is 314 g/mol. The van der Waals surface area contributed by atoms with Crippen molar-refractivity contribution in [2.24, 2.45) is 0 Å². The molecule has 1 aliphatic rings. The third-order valence-corrected chi connectivity index (χ3v) is 4.81. The summed E-state index contributed by atoms with van der Waals surface area (Å²) in [6.07, 6.45) is 1.39. The van der Waals surface area contributed by atoms with E-state index in [1.807, 2.05) is 47.4 Å². The number of nitrogens with zero attached hydrogens (tertiary/aromatic N) is 1. The number of hydrogen-bond donors (Lipinski definition) is 0. The van der Waals surface area contributed by atoms with E-state index in [0.29, 0.717) is 19.6 Å². The average Bonchev–Trinajstić information content (AvgIpc) is 2.66. The Balaban J connectivity index is 1.62. The highest BCUT2D eigenvalue weighted by atomic mass is 16.5. The molecule has 0 N–H and O–H groups in total. The van der Waals surface area contributed by atoms with Crippen LogP contribution in [-0.2, 0) is 22.7 Å². The Morgan fingerprint density at radius 2 is 1.76 bits per heavy atom. The van der Waals surface area contributed by atoms with E-state index in [4.69, 9.17) is 9.47 Å². The molecule has 0 aromatic heterocycles. The van der Waals surface area contributed by atoms with E-state index in [1.54, 1.807) is 7.11 Å². The minimum absolute atomic E-state index is 0.0621. The number of hydrogen-bond acceptors (Lipinski definition) is 3. The van der Waals surface area contributed by atoms with Crippen LogP contribution in [0.15, 0.2) is 54.6 Å². The number of carbonyl (C=O) groups excluding carboxylic acids is 1. The minimum atomic E-state index is 0.0621. The smallest absolute Gasteiger partial charge is 0.223 e. The van der Waals surface area contributed by atoms with Crippen molar-refractivity contribution in [1.82, 2.24) is 4.90 Å². The van der Waals surface area contributed by atoms with Crippen molar-refractivity contribution < 1.29 is 14.3 Å². The third kappa shape index (κ3) is 4.40. The molecule has 1 aliphatic heterocycles. The highest BCUT2D eigenvalue weighted by Crippen LogP contribution is 2.25. The van der Waals surface area contributed by atoms with Crippen molar-refractivity contribution in [1.29, 1.82) is 0 Å². The number of methoxy groups -OCH3 is 1. The molecule has 2 aromatic carbocycles. The zero-order chi connectivity index (χ0) is 17.6. The maximum Gasteiger partial charge on any atom is 0.223 e. The Bertz CT molecular complexity index is 684. The number of benzene rings is 2. The molecule has 0 spiro atoms. The van der Waals surface area contributed by atoms with E-state index in [-0.39, 0.29) is 18.1 Å². The first-order chi connectivity index (χ1) is 12.2. The van der Waals surface area contributed by atoms with Crippen LogP contribution in [0.3, 0.4) is 0 Å². The third-order valence-electron chi connectivity index (χ3n) is 4.81. The first kappa shape index (κ1) is 17.5. The number of rotatable bonds is 6. The lowest BCUT2D eigenvalue weighted by Gasteiger charge is -2.39. The van der Waals surface area contributed by atoms with Gasteiger partial charge in [-0.25, -0.2) is 0 Å². The van der Waals surface area contributed by atoms with Crippen molar-refractivity contribution in [2.45, 2.75) is 45.1 Å². The van der Waals surface area contributed by atoms with E-state index in [9.17, 15) is 4.79 Å². The van der Waals surface area contributed by atoms with Crippen molar-refractivity contribution in [3.05, 3.63) is 65.7 Å². The Labute approximate surface area is 149 Å². The Morgan fingerprint density at radius 3 is 2.44 bits per heavy atom. The van der Waals surface area contributed by atoms with Crippen LogP contribution in [0.4, 0.5) is 0 Å². The average molecular weight is 339 g/mol. The molecule has 3 rings (SSSR count). The molecule has 4 heteroatoms. The van der Waals surface area contributed by atoms with Gasteiger partial charge in [0.1, 0.15) is 5.75 Å². The molecule has 0 radical (unpaired) electrons. The van der Waals surface area contributed by atoms with Crippen LogP contribution in [0.1, 0.15) is 30.9 Å². The van der Waals surface area contributed by atoms with Crippen molar-refractivity contribution in [3.63, 3.8) is 0 Å². The predicted molar refractivity (Wildman–Crippen MR) is 97.3 cm³/mol. The van der Waals surface area contributed by atoms with Gasteiger partial charge in [-0.15, -0.1) is 0 Å². The summed E-state index contributed by atoms with van der Waals surface area (Å²) >= 11 is 0. The van der Waals surface area contributed by atoms with Gasteiger partial charge in [-0.3, -0.25) is 4.79 Å². The second-order valence-corrected chi connectivity index (χ2v) is 6.48. The van der Waals surface area contributed by atoms with E-state index in [1.165, 1.54) is 0 Å². The predicted octanol–water partition coefficient (Wildman–Crippen LogP) is 3.79. The molecule has 2 aromatic rings. The summed E-state index contributed by atoms with van der Waals surface area (Å²) in [5.74, 6) is 1.02. The van der Waals surface area contributed by atoms with Crippen LogP contribution < -0.4 is 4.74 Å². The molecular formula is C21H25NO3. The molecule has 0 unspecified atom stereocenters. The first-order valence-electron chi connectivity index (χ1n) is 8.75. The normalized spacial score (nSPS) is 20.6. The van der Waals surface area contributed by atoms with Gasteiger partial charge in [-0.05, 0) is 36.6 Å². The molecule has 1 heterocycles. The molecule has 25 heavy (non-hydrogen) atoms. The molecule has 2 atom stereocenters. The molecule has 132 valence electrons. The number of likely N-dealkylation sites (tertiary alicyclic amines) is 1. The Kier molecular flexibility index (Phi) is 5.71. The van der Waals surface area contributed by atoms with Gasteiger partial charge in [0.05, 0.1) is 25.9 Å². The summed E-state index contributed by atoms with van der Waals surface area (Å²) in [6, 6.07) is 18.1. The largest absolute Gasteiger partial charge is 0.497 e. The van der Waals surface area contributed by atoms with Crippen LogP contribution >= 0.6 is 0 Å². The van der Waals surface area contributed by atoms with Crippen LogP contribution in [-0.4, -0.2) is 30.1 Å². The number of carbonyl (C=O) groups is 1. The van der Waals surface area contributed by atoms with Gasteiger partial charge in [0.15, 0.2) is 0 Å². The van der Waals surface area contributed by atoms with Crippen molar-refractivity contribution in [3.8, 4) is 5.75 Å². The fourth-order valence-corrected chi connectivity index (χ4v) is 3.24. The molecule has 1 fully saturated rings. The van der Waals surface area contributed by atoms with Gasteiger partial charge in [0, 0.05) is 13.0 Å². The maximum absolute atomic E-state index is 12.4. The molecule has 1 saturated heterocycles. The van der Waals surface area contributed by atoms with Gasteiger partial charge >= 0.3 is 0 Å². The minimum Gasteiger partial charge on any atom is -0.497 e. The number of ether oxygens (including phenoxy) is 2. The summed E-state index contributed by atoms with van der Waals surface area (Å²) in [4.78, 5) is 14.3. The fraction of sp³-hybridized carbons (Fsp3) is 0.381. The molecule has 0 saturated carbocycles. The SMILES string of the molecule is COc1ccc(CN2C(=O)CC[C@H](OCc3ccccc3)[C@H]2C)cc1. The van der Waals surface area contributed by atoms with E-state index in [0.717, 1.165) is 23.3 Å². The van der Waals surface area contributed by atoms with Gasteiger partial charge in [0.2, 0.25) is 5.91 Å². The summed E-state index contributed by atoms with van der Waals surface area (Å²) < 4.78 is 11.3. The summed E-state index contributed by atoms with van der Waals surface area (Å²) in [6.45, 7) is 3.27. The zero-order valence-electron chi connectivity index (χ0n) is 14.9. The van der Waals surface area contributed by atoms with Gasteiger partial charge in [-0.2, -0.15) is 0 Å². The molecule has 1 amide bonds. The highest BCUT2D eigenvalue weighted by Gasteiger charge is 2.33. The van der Waals surface area contributed by atoms with Gasteiger partial charge in [-0.1, -0.05) is 42.5 Å². The van der Waals surface area contributed by atoms with Crippen LogP contribution in [0.5, 0.6) is 5.75 Å². The van der Waals surface area contributed by atoms with Crippen LogP contribution in [0.2, 0.25) is 0 Å². The van der Waals surface area contributed by atoms with E-state index >= 15 is 0 Å². The lowest BCUT2D eigenvalue weighted by molar-refractivity contribution is -0.145. The second-order valence-electron chi connectivity index (χ2n) is 6.48. The first-order valence-corrected chi connectivity index (χ1v) is 8.75. The standard InChI is InChI=1S/C21H25NO3/c1-16-20(25-15-18-6-4-3-5-7-18)12-13-21(23)22(16)14-17-8-10-19(24-2)11-9-17/h3-11,16,20H,12-15H2,1-2H3/t16-,20+/m1/s1. The topological polar surface area (TPSA) is 38.8 Å². The molecule has 0 bridgehead atoms.